The molecule has 1 aliphatic rings. The second-order valence-corrected chi connectivity index (χ2v) is 4.82. The van der Waals surface area contributed by atoms with Gasteiger partial charge in [-0.3, -0.25) is 4.79 Å². The van der Waals surface area contributed by atoms with Crippen molar-refractivity contribution in [1.29, 1.82) is 0 Å². The molecule has 1 nitrogen and oxygen atoms in total. The quantitative estimate of drug-likeness (QED) is 0.705. The Morgan fingerprint density at radius 2 is 2.00 bits per heavy atom. The Bertz CT molecular complexity index is 325. The first-order valence-corrected chi connectivity index (χ1v) is 6.25. The maximum Gasteiger partial charge on any atom is 0.150 e. The Morgan fingerprint density at radius 3 is 2.43 bits per heavy atom. The molecule has 0 amide bonds. The normalized spacial score (nSPS) is 17.8. The number of carbonyl (C=O) groups excluding carboxylic acids is 1. The molecular weight excluding hydrogens is 192 g/mol. The molecule has 1 fully saturated rings. The van der Waals surface area contributed by atoms with E-state index >= 15 is 0 Å². The summed E-state index contributed by atoms with van der Waals surface area (Å²) in [6.45, 7) is 0. The van der Waals surface area contributed by atoms with Gasteiger partial charge in [-0.2, -0.15) is 11.8 Å². The molecule has 14 heavy (non-hydrogen) atoms. The second-order valence-electron chi connectivity index (χ2n) is 3.95. The third-order valence-electron chi connectivity index (χ3n) is 2.93. The van der Waals surface area contributed by atoms with Crippen LogP contribution in [0.5, 0.6) is 0 Å². The number of thioether (sulfide) groups is 1. The molecular formula is C12H14OS. The van der Waals surface area contributed by atoms with E-state index in [0.29, 0.717) is 5.41 Å². The highest BCUT2D eigenvalue weighted by Crippen LogP contribution is 2.49. The van der Waals surface area contributed by atoms with Crippen molar-refractivity contribution >= 4 is 18.0 Å². The zero-order valence-electron chi connectivity index (χ0n) is 8.32. The van der Waals surface area contributed by atoms with E-state index in [9.17, 15) is 4.79 Å². The van der Waals surface area contributed by atoms with Crippen molar-refractivity contribution in [3.63, 3.8) is 0 Å². The summed E-state index contributed by atoms with van der Waals surface area (Å²) in [5.41, 5.74) is 2.60. The first kappa shape index (κ1) is 9.78. The maximum absolute atomic E-state index is 10.5. The summed E-state index contributed by atoms with van der Waals surface area (Å²) in [6, 6.07) is 8.05. The summed E-state index contributed by atoms with van der Waals surface area (Å²) < 4.78 is 0. The molecule has 0 saturated heterocycles. The van der Waals surface area contributed by atoms with Crippen LogP contribution in [0.2, 0.25) is 0 Å². The van der Waals surface area contributed by atoms with Gasteiger partial charge < -0.3 is 0 Å². The summed E-state index contributed by atoms with van der Waals surface area (Å²) in [5, 5.41) is 0. The molecule has 2 heteroatoms. The molecule has 0 aliphatic heterocycles. The minimum atomic E-state index is 0.431. The number of rotatable bonds is 4. The van der Waals surface area contributed by atoms with Gasteiger partial charge in [-0.15, -0.1) is 0 Å². The second kappa shape index (κ2) is 3.77. The van der Waals surface area contributed by atoms with Crippen molar-refractivity contribution in [2.45, 2.75) is 18.3 Å². The fraction of sp³-hybridized carbons (Fsp3) is 0.417. The largest absolute Gasteiger partial charge is 0.298 e. The van der Waals surface area contributed by atoms with Gasteiger partial charge in [0.2, 0.25) is 0 Å². The summed E-state index contributed by atoms with van der Waals surface area (Å²) in [5.74, 6) is 1.20. The van der Waals surface area contributed by atoms with E-state index in [1.54, 1.807) is 0 Å². The molecule has 1 aromatic rings. The molecule has 1 aliphatic carbocycles. The average molecular weight is 206 g/mol. The monoisotopic (exact) mass is 206 g/mol. The van der Waals surface area contributed by atoms with Crippen molar-refractivity contribution in [3.8, 4) is 0 Å². The van der Waals surface area contributed by atoms with Crippen LogP contribution in [0.3, 0.4) is 0 Å². The van der Waals surface area contributed by atoms with Crippen molar-refractivity contribution in [3.05, 3.63) is 35.4 Å². The van der Waals surface area contributed by atoms with Crippen LogP contribution in [0.1, 0.15) is 28.8 Å². The molecule has 1 saturated carbocycles. The molecule has 2 rings (SSSR count). The van der Waals surface area contributed by atoms with Crippen LogP contribution < -0.4 is 0 Å². The van der Waals surface area contributed by atoms with E-state index in [4.69, 9.17) is 0 Å². The molecule has 0 bridgehead atoms. The van der Waals surface area contributed by atoms with Crippen LogP contribution >= 0.6 is 11.8 Å². The Labute approximate surface area is 88.9 Å². The Balaban J connectivity index is 2.20. The molecule has 0 N–H and O–H groups in total. The zero-order chi connectivity index (χ0) is 10.0. The zero-order valence-corrected chi connectivity index (χ0v) is 9.14. The van der Waals surface area contributed by atoms with E-state index in [0.717, 1.165) is 11.8 Å². The molecule has 0 heterocycles. The number of benzene rings is 1. The lowest BCUT2D eigenvalue weighted by Crippen LogP contribution is -2.09. The Kier molecular flexibility index (Phi) is 2.64. The minimum absolute atomic E-state index is 0.431. The Hall–Kier alpha value is -0.760. The molecule has 0 aromatic heterocycles. The molecule has 0 atom stereocenters. The van der Waals surface area contributed by atoms with Gasteiger partial charge in [-0.1, -0.05) is 24.3 Å². The lowest BCUT2D eigenvalue weighted by Gasteiger charge is -2.13. The molecule has 0 unspecified atom stereocenters. The SMILES string of the molecule is CSCC1(c2ccc(C=O)cc2)CC1. The smallest absolute Gasteiger partial charge is 0.150 e. The minimum Gasteiger partial charge on any atom is -0.298 e. The fourth-order valence-electron chi connectivity index (χ4n) is 1.86. The maximum atomic E-state index is 10.5. The third kappa shape index (κ3) is 1.71. The number of aldehydes is 1. The van der Waals surface area contributed by atoms with Crippen LogP contribution in [-0.2, 0) is 5.41 Å². The van der Waals surface area contributed by atoms with Crippen LogP contribution in [-0.4, -0.2) is 18.3 Å². The van der Waals surface area contributed by atoms with E-state index < -0.39 is 0 Å². The number of hydrogen-bond acceptors (Lipinski definition) is 2. The van der Waals surface area contributed by atoms with Crippen LogP contribution in [0.25, 0.3) is 0 Å². The molecule has 0 spiro atoms. The fourth-order valence-corrected chi connectivity index (χ4v) is 2.87. The van der Waals surface area contributed by atoms with Crippen molar-refractivity contribution in [2.75, 3.05) is 12.0 Å². The van der Waals surface area contributed by atoms with Gasteiger partial charge in [-0.05, 0) is 24.7 Å². The average Bonchev–Trinajstić information content (AvgIpc) is 3.00. The topological polar surface area (TPSA) is 17.1 Å². The predicted octanol–water partition coefficient (Wildman–Crippen LogP) is 2.89. The Morgan fingerprint density at radius 1 is 1.36 bits per heavy atom. The standard InChI is InChI=1S/C12H14OS/c1-14-9-12(6-7-12)11-4-2-10(8-13)3-5-11/h2-5,8H,6-7,9H2,1H3. The van der Waals surface area contributed by atoms with Gasteiger partial charge in [-0.25, -0.2) is 0 Å². The predicted molar refractivity (Wildman–Crippen MR) is 61.1 cm³/mol. The lowest BCUT2D eigenvalue weighted by molar-refractivity contribution is 0.112. The van der Waals surface area contributed by atoms with Crippen LogP contribution in [0.15, 0.2) is 24.3 Å². The van der Waals surface area contributed by atoms with Crippen LogP contribution in [0.4, 0.5) is 0 Å². The highest BCUT2D eigenvalue weighted by molar-refractivity contribution is 7.98. The molecule has 1 aromatic carbocycles. The van der Waals surface area contributed by atoms with Gasteiger partial charge in [0.25, 0.3) is 0 Å². The number of hydrogen-bond donors (Lipinski definition) is 0. The van der Waals surface area contributed by atoms with Crippen molar-refractivity contribution < 1.29 is 4.79 Å². The van der Waals surface area contributed by atoms with Crippen molar-refractivity contribution in [1.82, 2.24) is 0 Å². The molecule has 0 radical (unpaired) electrons. The number of carbonyl (C=O) groups is 1. The van der Waals surface area contributed by atoms with Gasteiger partial charge in [0, 0.05) is 16.7 Å². The first-order chi connectivity index (χ1) is 6.80. The third-order valence-corrected chi connectivity index (χ3v) is 3.77. The van der Waals surface area contributed by atoms with Crippen LogP contribution in [0, 0.1) is 0 Å². The van der Waals surface area contributed by atoms with Gasteiger partial charge in [0.05, 0.1) is 0 Å². The van der Waals surface area contributed by atoms with Gasteiger partial charge in [0.1, 0.15) is 6.29 Å². The van der Waals surface area contributed by atoms with Gasteiger partial charge in [0.15, 0.2) is 0 Å². The van der Waals surface area contributed by atoms with E-state index in [-0.39, 0.29) is 0 Å². The highest BCUT2D eigenvalue weighted by atomic mass is 32.2. The summed E-state index contributed by atoms with van der Waals surface area (Å²) in [4.78, 5) is 10.5. The van der Waals surface area contributed by atoms with Gasteiger partial charge >= 0.3 is 0 Å². The van der Waals surface area contributed by atoms with E-state index in [1.165, 1.54) is 24.2 Å². The van der Waals surface area contributed by atoms with E-state index in [1.807, 2.05) is 23.9 Å². The van der Waals surface area contributed by atoms with E-state index in [2.05, 4.69) is 18.4 Å². The highest BCUT2D eigenvalue weighted by Gasteiger charge is 2.43. The molecule has 74 valence electrons. The first-order valence-electron chi connectivity index (χ1n) is 4.85. The summed E-state index contributed by atoms with van der Waals surface area (Å²) >= 11 is 1.91. The van der Waals surface area contributed by atoms with Crippen molar-refractivity contribution in [2.24, 2.45) is 0 Å². The summed E-state index contributed by atoms with van der Waals surface area (Å²) in [6.07, 6.45) is 5.65. The lowest BCUT2D eigenvalue weighted by atomic mass is 9.97. The summed E-state index contributed by atoms with van der Waals surface area (Å²) in [7, 11) is 0.